The van der Waals surface area contributed by atoms with Gasteiger partial charge in [-0.3, -0.25) is 4.79 Å². The molecule has 0 saturated carbocycles. The lowest BCUT2D eigenvalue weighted by Crippen LogP contribution is -2.87. The number of carbonyl (C=O) groups excluding carboxylic acids is 2. The van der Waals surface area contributed by atoms with Gasteiger partial charge in [-0.2, -0.15) is 0 Å². The molecule has 0 heterocycles. The third-order valence-electron chi connectivity index (χ3n) is 4.54. The Morgan fingerprint density at radius 2 is 1.66 bits per heavy atom. The first-order valence-electron chi connectivity index (χ1n) is 9.19. The average molecular weight is 454 g/mol. The van der Waals surface area contributed by atoms with Crippen LogP contribution in [0.5, 0.6) is 0 Å². The fourth-order valence-electron chi connectivity index (χ4n) is 3.09. The van der Waals surface area contributed by atoms with Crippen molar-refractivity contribution in [1.29, 1.82) is 0 Å². The van der Waals surface area contributed by atoms with Crippen molar-refractivity contribution in [3.05, 3.63) is 100 Å². The Kier molecular flexibility index (Phi) is 7.16. The minimum absolute atomic E-state index is 0.161. The molecule has 0 aliphatic carbocycles. The number of ether oxygens (including phenoxy) is 1. The summed E-state index contributed by atoms with van der Waals surface area (Å²) in [6, 6.07) is 24.4. The molecule has 29 heavy (non-hydrogen) atoms. The molecule has 1 amide bonds. The molecule has 0 aromatic heterocycles. The molecule has 0 saturated heterocycles. The van der Waals surface area contributed by atoms with E-state index in [-0.39, 0.29) is 24.5 Å². The highest BCUT2D eigenvalue weighted by atomic mass is 79.9. The summed E-state index contributed by atoms with van der Waals surface area (Å²) in [5.41, 5.74) is 3.18. The normalized spacial score (nSPS) is 11.5. The summed E-state index contributed by atoms with van der Waals surface area (Å²) in [4.78, 5) is 24.5. The molecule has 1 atom stereocenters. The summed E-state index contributed by atoms with van der Waals surface area (Å²) in [5.74, 6) is -0.496. The molecule has 3 rings (SSSR count). The molecule has 1 unspecified atom stereocenters. The van der Waals surface area contributed by atoms with Crippen LogP contribution in [0.15, 0.2) is 83.3 Å². The SMILES string of the molecule is COC(=O)C[NH2+]C(c1ccccc1)c1cc(Br)ccc1NC(=O)c1ccccc1. The van der Waals surface area contributed by atoms with E-state index in [9.17, 15) is 9.59 Å². The smallest absolute Gasteiger partial charge is 0.361 e. The number of anilines is 1. The first-order chi connectivity index (χ1) is 14.1. The van der Waals surface area contributed by atoms with E-state index in [0.29, 0.717) is 11.3 Å². The minimum atomic E-state index is -0.309. The molecule has 148 valence electrons. The van der Waals surface area contributed by atoms with Crippen LogP contribution in [0, 0.1) is 0 Å². The van der Waals surface area contributed by atoms with Gasteiger partial charge in [0.05, 0.1) is 12.8 Å². The number of rotatable bonds is 7. The number of quaternary nitrogens is 1. The Labute approximate surface area is 178 Å². The van der Waals surface area contributed by atoms with E-state index in [1.165, 1.54) is 7.11 Å². The van der Waals surface area contributed by atoms with Gasteiger partial charge >= 0.3 is 5.97 Å². The summed E-state index contributed by atoms with van der Waals surface area (Å²) >= 11 is 3.52. The van der Waals surface area contributed by atoms with Crippen molar-refractivity contribution in [3.63, 3.8) is 0 Å². The lowest BCUT2D eigenvalue weighted by atomic mass is 9.96. The number of carbonyl (C=O) groups is 2. The van der Waals surface area contributed by atoms with Gasteiger partial charge in [-0.05, 0) is 30.3 Å². The van der Waals surface area contributed by atoms with Crippen LogP contribution in [0.2, 0.25) is 0 Å². The maximum absolute atomic E-state index is 12.7. The maximum atomic E-state index is 12.7. The number of methoxy groups -OCH3 is 1. The molecule has 0 radical (unpaired) electrons. The van der Waals surface area contributed by atoms with Crippen LogP contribution in [0.25, 0.3) is 0 Å². The fraction of sp³-hybridized carbons (Fsp3) is 0.130. The molecule has 3 N–H and O–H groups in total. The Bertz CT molecular complexity index is 978. The van der Waals surface area contributed by atoms with Crippen molar-refractivity contribution in [2.75, 3.05) is 19.0 Å². The lowest BCUT2D eigenvalue weighted by Gasteiger charge is -2.20. The van der Waals surface area contributed by atoms with Gasteiger partial charge in [0.25, 0.3) is 5.91 Å². The molecule has 0 bridgehead atoms. The summed E-state index contributed by atoms with van der Waals surface area (Å²) in [7, 11) is 1.37. The quantitative estimate of drug-likeness (QED) is 0.537. The second-order valence-electron chi connectivity index (χ2n) is 6.46. The Morgan fingerprint density at radius 1 is 1.00 bits per heavy atom. The number of benzene rings is 3. The highest BCUT2D eigenvalue weighted by Crippen LogP contribution is 2.29. The number of hydrogen-bond acceptors (Lipinski definition) is 3. The summed E-state index contributed by atoms with van der Waals surface area (Å²) in [6.07, 6.45) is 0. The summed E-state index contributed by atoms with van der Waals surface area (Å²) in [5, 5.41) is 4.91. The van der Waals surface area contributed by atoms with Gasteiger partial charge in [-0.15, -0.1) is 0 Å². The number of amides is 1. The van der Waals surface area contributed by atoms with Crippen LogP contribution < -0.4 is 10.6 Å². The third-order valence-corrected chi connectivity index (χ3v) is 5.03. The van der Waals surface area contributed by atoms with Gasteiger partial charge in [-0.1, -0.05) is 64.5 Å². The molecule has 0 aliphatic rings. The van der Waals surface area contributed by atoms with Crippen molar-refractivity contribution in [3.8, 4) is 0 Å². The number of nitrogens with one attached hydrogen (secondary N) is 1. The van der Waals surface area contributed by atoms with Crippen molar-refractivity contribution < 1.29 is 19.6 Å². The van der Waals surface area contributed by atoms with Crippen LogP contribution in [0.4, 0.5) is 5.69 Å². The zero-order valence-corrected chi connectivity index (χ0v) is 17.6. The van der Waals surface area contributed by atoms with Crippen molar-refractivity contribution >= 4 is 33.5 Å². The highest BCUT2D eigenvalue weighted by molar-refractivity contribution is 9.10. The van der Waals surface area contributed by atoms with Crippen LogP contribution >= 0.6 is 15.9 Å². The second-order valence-corrected chi connectivity index (χ2v) is 7.37. The van der Waals surface area contributed by atoms with E-state index in [0.717, 1.165) is 15.6 Å². The maximum Gasteiger partial charge on any atom is 0.361 e. The van der Waals surface area contributed by atoms with E-state index in [1.54, 1.807) is 12.1 Å². The summed E-state index contributed by atoms with van der Waals surface area (Å²) < 4.78 is 5.69. The van der Waals surface area contributed by atoms with Gasteiger partial charge in [0, 0.05) is 21.2 Å². The molecular weight excluding hydrogens is 432 g/mol. The molecule has 0 spiro atoms. The second kappa shape index (κ2) is 10.0. The van der Waals surface area contributed by atoms with Crippen molar-refractivity contribution in [2.45, 2.75) is 6.04 Å². The lowest BCUT2D eigenvalue weighted by molar-refractivity contribution is -0.677. The van der Waals surface area contributed by atoms with E-state index in [2.05, 4.69) is 21.2 Å². The van der Waals surface area contributed by atoms with Crippen LogP contribution in [0.1, 0.15) is 27.5 Å². The van der Waals surface area contributed by atoms with Gasteiger partial charge in [0.1, 0.15) is 6.04 Å². The first kappa shape index (κ1) is 20.8. The molecule has 0 aliphatic heterocycles. The zero-order chi connectivity index (χ0) is 20.6. The predicted molar refractivity (Wildman–Crippen MR) is 116 cm³/mol. The predicted octanol–water partition coefficient (Wildman–Crippen LogP) is 3.53. The fourth-order valence-corrected chi connectivity index (χ4v) is 3.47. The molecule has 3 aromatic rings. The third kappa shape index (κ3) is 5.53. The van der Waals surface area contributed by atoms with E-state index in [4.69, 9.17) is 4.74 Å². The van der Waals surface area contributed by atoms with Crippen LogP contribution in [0.3, 0.4) is 0 Å². The Morgan fingerprint density at radius 3 is 2.31 bits per heavy atom. The Hall–Kier alpha value is -2.96. The van der Waals surface area contributed by atoms with Crippen molar-refractivity contribution in [2.24, 2.45) is 0 Å². The van der Waals surface area contributed by atoms with Gasteiger partial charge in [0.2, 0.25) is 0 Å². The Balaban J connectivity index is 1.97. The van der Waals surface area contributed by atoms with Gasteiger partial charge < -0.3 is 15.4 Å². The molecule has 3 aromatic carbocycles. The zero-order valence-electron chi connectivity index (χ0n) is 16.0. The molecule has 0 fully saturated rings. The number of halogens is 1. The van der Waals surface area contributed by atoms with Crippen molar-refractivity contribution in [1.82, 2.24) is 0 Å². The monoisotopic (exact) mass is 453 g/mol. The number of nitrogens with two attached hydrogens (primary N) is 1. The number of esters is 1. The van der Waals surface area contributed by atoms with E-state index >= 15 is 0 Å². The van der Waals surface area contributed by atoms with Gasteiger partial charge in [-0.25, -0.2) is 4.79 Å². The standard InChI is InChI=1S/C23H21BrN2O3/c1-29-21(27)15-25-22(16-8-4-2-5-9-16)19-14-18(24)12-13-20(19)26-23(28)17-10-6-3-7-11-17/h2-14,22,25H,15H2,1H3,(H,26,28)/p+1. The average Bonchev–Trinajstić information content (AvgIpc) is 2.76. The highest BCUT2D eigenvalue weighted by Gasteiger charge is 2.23. The van der Waals surface area contributed by atoms with Crippen LogP contribution in [-0.2, 0) is 9.53 Å². The molecular formula is C23H22BrN2O3+. The molecule has 5 nitrogen and oxygen atoms in total. The van der Waals surface area contributed by atoms with Gasteiger partial charge in [0.15, 0.2) is 6.54 Å². The topological polar surface area (TPSA) is 72.0 Å². The first-order valence-corrected chi connectivity index (χ1v) is 9.98. The summed E-state index contributed by atoms with van der Waals surface area (Å²) in [6.45, 7) is 0.161. The van der Waals surface area contributed by atoms with Crippen LogP contribution in [-0.4, -0.2) is 25.5 Å². The van der Waals surface area contributed by atoms with E-state index in [1.807, 2.05) is 72.0 Å². The van der Waals surface area contributed by atoms with E-state index < -0.39 is 0 Å². The molecule has 6 heteroatoms. The number of hydrogen-bond donors (Lipinski definition) is 2. The minimum Gasteiger partial charge on any atom is -0.465 e. The largest absolute Gasteiger partial charge is 0.465 e.